The number of hydrogen-bond acceptors (Lipinski definition) is 6. The number of nitrogens with one attached hydrogen (secondary N) is 2. The Morgan fingerprint density at radius 1 is 1.29 bits per heavy atom. The first-order valence-corrected chi connectivity index (χ1v) is 6.17. The minimum Gasteiger partial charge on any atom is -0.365 e. The second kappa shape index (κ2) is 5.11. The molecular formula is C11H15N5S. The van der Waals surface area contributed by atoms with E-state index in [0.717, 1.165) is 17.9 Å². The summed E-state index contributed by atoms with van der Waals surface area (Å²) in [6.45, 7) is 4.54. The Morgan fingerprint density at radius 2 is 2.06 bits per heavy atom. The molecule has 2 aromatic heterocycles. The van der Waals surface area contributed by atoms with Crippen LogP contribution in [0.5, 0.6) is 0 Å². The van der Waals surface area contributed by atoms with Crippen molar-refractivity contribution in [3.63, 3.8) is 0 Å². The van der Waals surface area contributed by atoms with Crippen LogP contribution in [0.4, 0.5) is 11.6 Å². The molecule has 5 nitrogen and oxygen atoms in total. The average Bonchev–Trinajstić information content (AvgIpc) is 2.82. The first kappa shape index (κ1) is 11.8. The summed E-state index contributed by atoms with van der Waals surface area (Å²) in [5, 5.41) is 5.35. The van der Waals surface area contributed by atoms with Gasteiger partial charge in [-0.15, -0.1) is 11.3 Å². The SMILES string of the molecule is Cc1nc(NN)c(C)c(NCc2cccs2)n1. The van der Waals surface area contributed by atoms with E-state index in [2.05, 4.69) is 32.2 Å². The third-order valence-electron chi connectivity index (χ3n) is 2.40. The molecule has 2 heterocycles. The van der Waals surface area contributed by atoms with E-state index in [1.807, 2.05) is 19.9 Å². The van der Waals surface area contributed by atoms with Gasteiger partial charge < -0.3 is 10.7 Å². The number of hydrogen-bond donors (Lipinski definition) is 3. The fourth-order valence-electron chi connectivity index (χ4n) is 1.53. The largest absolute Gasteiger partial charge is 0.365 e. The molecule has 0 aliphatic carbocycles. The highest BCUT2D eigenvalue weighted by atomic mass is 32.1. The van der Waals surface area contributed by atoms with Crippen molar-refractivity contribution in [2.75, 3.05) is 10.7 Å². The average molecular weight is 249 g/mol. The molecule has 90 valence electrons. The summed E-state index contributed by atoms with van der Waals surface area (Å²) in [4.78, 5) is 9.85. The second-order valence-electron chi connectivity index (χ2n) is 3.67. The number of anilines is 2. The topological polar surface area (TPSA) is 75.9 Å². The lowest BCUT2D eigenvalue weighted by molar-refractivity contribution is 1.00. The van der Waals surface area contributed by atoms with Crippen LogP contribution in [0.25, 0.3) is 0 Å². The Hall–Kier alpha value is -1.66. The van der Waals surface area contributed by atoms with Crippen molar-refractivity contribution in [2.45, 2.75) is 20.4 Å². The molecule has 0 aliphatic heterocycles. The Morgan fingerprint density at radius 3 is 2.71 bits per heavy atom. The highest BCUT2D eigenvalue weighted by Gasteiger charge is 2.07. The predicted molar refractivity (Wildman–Crippen MR) is 71.0 cm³/mol. The summed E-state index contributed by atoms with van der Waals surface area (Å²) in [6.07, 6.45) is 0. The number of nitrogens with zero attached hydrogens (tertiary/aromatic N) is 2. The third kappa shape index (κ3) is 2.72. The molecule has 2 aromatic rings. The van der Waals surface area contributed by atoms with Gasteiger partial charge in [0.15, 0.2) is 0 Å². The lowest BCUT2D eigenvalue weighted by atomic mass is 10.3. The maximum absolute atomic E-state index is 5.41. The van der Waals surface area contributed by atoms with Gasteiger partial charge in [0.25, 0.3) is 0 Å². The number of nitrogens with two attached hydrogens (primary N) is 1. The molecule has 4 N–H and O–H groups in total. The summed E-state index contributed by atoms with van der Waals surface area (Å²) in [5.74, 6) is 7.58. The second-order valence-corrected chi connectivity index (χ2v) is 4.70. The van der Waals surface area contributed by atoms with E-state index in [-0.39, 0.29) is 0 Å². The van der Waals surface area contributed by atoms with Gasteiger partial charge >= 0.3 is 0 Å². The van der Waals surface area contributed by atoms with Crippen molar-refractivity contribution in [1.29, 1.82) is 0 Å². The fourth-order valence-corrected chi connectivity index (χ4v) is 2.17. The van der Waals surface area contributed by atoms with Crippen molar-refractivity contribution >= 4 is 23.0 Å². The van der Waals surface area contributed by atoms with Crippen LogP contribution < -0.4 is 16.6 Å². The molecule has 0 unspecified atom stereocenters. The standard InChI is InChI=1S/C11H15N5S/c1-7-10(13-6-9-4-3-5-17-9)14-8(2)15-11(7)16-12/h3-5H,6,12H2,1-2H3,(H2,13,14,15,16). The van der Waals surface area contributed by atoms with Crippen LogP contribution in [-0.2, 0) is 6.54 Å². The molecule has 2 rings (SSSR count). The molecule has 0 saturated carbocycles. The first-order chi connectivity index (χ1) is 8.20. The smallest absolute Gasteiger partial charge is 0.148 e. The van der Waals surface area contributed by atoms with Gasteiger partial charge in [-0.05, 0) is 25.3 Å². The maximum atomic E-state index is 5.41. The van der Waals surface area contributed by atoms with Gasteiger partial charge in [0.2, 0.25) is 0 Å². The lowest BCUT2D eigenvalue weighted by Crippen LogP contribution is -2.13. The van der Waals surface area contributed by atoms with Crippen molar-refractivity contribution < 1.29 is 0 Å². The molecule has 0 fully saturated rings. The quantitative estimate of drug-likeness (QED) is 0.571. The zero-order valence-corrected chi connectivity index (χ0v) is 10.6. The minimum absolute atomic E-state index is 0.658. The Bertz CT molecular complexity index is 495. The van der Waals surface area contributed by atoms with Crippen molar-refractivity contribution in [3.8, 4) is 0 Å². The van der Waals surface area contributed by atoms with Crippen molar-refractivity contribution in [1.82, 2.24) is 9.97 Å². The van der Waals surface area contributed by atoms with Crippen LogP contribution in [0, 0.1) is 13.8 Å². The van der Waals surface area contributed by atoms with E-state index in [1.54, 1.807) is 11.3 Å². The number of thiophene rings is 1. The Labute approximate surface area is 104 Å². The van der Waals surface area contributed by atoms with Crippen LogP contribution in [0.3, 0.4) is 0 Å². The van der Waals surface area contributed by atoms with Gasteiger partial charge in [-0.25, -0.2) is 15.8 Å². The molecule has 0 atom stereocenters. The number of rotatable bonds is 4. The molecular weight excluding hydrogens is 234 g/mol. The molecule has 0 aromatic carbocycles. The number of nitrogen functional groups attached to an aromatic ring is 1. The summed E-state index contributed by atoms with van der Waals surface area (Å²) < 4.78 is 0. The molecule has 0 saturated heterocycles. The van der Waals surface area contributed by atoms with Crippen LogP contribution in [0.15, 0.2) is 17.5 Å². The van der Waals surface area contributed by atoms with Crippen LogP contribution in [0.2, 0.25) is 0 Å². The molecule has 0 amide bonds. The highest BCUT2D eigenvalue weighted by Crippen LogP contribution is 2.20. The van der Waals surface area contributed by atoms with Gasteiger partial charge in [0.05, 0.1) is 6.54 Å². The predicted octanol–water partition coefficient (Wildman–Crippen LogP) is 2.05. The zero-order valence-electron chi connectivity index (χ0n) is 9.82. The summed E-state index contributed by atoms with van der Waals surface area (Å²) in [6, 6.07) is 4.12. The molecule has 6 heteroatoms. The normalized spacial score (nSPS) is 10.3. The highest BCUT2D eigenvalue weighted by molar-refractivity contribution is 7.09. The van der Waals surface area contributed by atoms with E-state index >= 15 is 0 Å². The monoisotopic (exact) mass is 249 g/mol. The molecule has 0 bridgehead atoms. The van der Waals surface area contributed by atoms with Crippen LogP contribution in [-0.4, -0.2) is 9.97 Å². The number of aromatic nitrogens is 2. The van der Waals surface area contributed by atoms with E-state index in [1.165, 1.54) is 4.88 Å². The zero-order chi connectivity index (χ0) is 12.3. The van der Waals surface area contributed by atoms with Gasteiger partial charge in [-0.1, -0.05) is 6.07 Å². The summed E-state index contributed by atoms with van der Waals surface area (Å²) >= 11 is 1.72. The van der Waals surface area contributed by atoms with E-state index in [9.17, 15) is 0 Å². The third-order valence-corrected chi connectivity index (χ3v) is 3.28. The van der Waals surface area contributed by atoms with Crippen LogP contribution >= 0.6 is 11.3 Å². The fraction of sp³-hybridized carbons (Fsp3) is 0.273. The Kier molecular flexibility index (Phi) is 3.55. The number of hydrazine groups is 1. The maximum Gasteiger partial charge on any atom is 0.148 e. The molecule has 0 spiro atoms. The molecule has 17 heavy (non-hydrogen) atoms. The molecule has 0 aliphatic rings. The summed E-state index contributed by atoms with van der Waals surface area (Å²) in [7, 11) is 0. The first-order valence-electron chi connectivity index (χ1n) is 5.29. The number of aryl methyl sites for hydroxylation is 1. The summed E-state index contributed by atoms with van der Waals surface area (Å²) in [5.41, 5.74) is 3.51. The minimum atomic E-state index is 0.658. The lowest BCUT2D eigenvalue weighted by Gasteiger charge is -2.11. The van der Waals surface area contributed by atoms with E-state index < -0.39 is 0 Å². The van der Waals surface area contributed by atoms with Gasteiger partial charge in [-0.3, -0.25) is 0 Å². The van der Waals surface area contributed by atoms with E-state index in [0.29, 0.717) is 11.6 Å². The van der Waals surface area contributed by atoms with Crippen LogP contribution in [0.1, 0.15) is 16.3 Å². The van der Waals surface area contributed by atoms with Crippen molar-refractivity contribution in [3.05, 3.63) is 33.8 Å². The molecule has 0 radical (unpaired) electrons. The van der Waals surface area contributed by atoms with Gasteiger partial charge in [-0.2, -0.15) is 0 Å². The van der Waals surface area contributed by atoms with E-state index in [4.69, 9.17) is 5.84 Å². The van der Waals surface area contributed by atoms with Crippen molar-refractivity contribution in [2.24, 2.45) is 5.84 Å². The Balaban J connectivity index is 2.17. The van der Waals surface area contributed by atoms with Gasteiger partial charge in [0, 0.05) is 10.4 Å². The van der Waals surface area contributed by atoms with Gasteiger partial charge in [0.1, 0.15) is 17.5 Å².